The van der Waals surface area contributed by atoms with E-state index >= 15 is 0 Å². The molecule has 0 heterocycles. The summed E-state index contributed by atoms with van der Waals surface area (Å²) in [4.78, 5) is 26.5. The lowest BCUT2D eigenvalue weighted by molar-refractivity contribution is -0.136. The molecule has 0 unspecified atom stereocenters. The quantitative estimate of drug-likeness (QED) is 0.800. The van der Waals surface area contributed by atoms with Crippen LogP contribution in [0, 0.1) is 6.92 Å². The topological polar surface area (TPSA) is 72.9 Å². The molecule has 1 aromatic carbocycles. The normalized spacial score (nSPS) is 10.5. The molecule has 0 aliphatic rings. The van der Waals surface area contributed by atoms with E-state index in [0.29, 0.717) is 6.54 Å². The lowest BCUT2D eigenvalue weighted by atomic mass is 10.2. The molecule has 1 rings (SSSR count). The van der Waals surface area contributed by atoms with Crippen LogP contribution in [0.2, 0.25) is 0 Å². The Morgan fingerprint density at radius 3 is 2.43 bits per heavy atom. The van der Waals surface area contributed by atoms with Crippen LogP contribution >= 0.6 is 0 Å². The Hall–Kier alpha value is -2.08. The summed E-state index contributed by atoms with van der Waals surface area (Å²) < 4.78 is 0. The van der Waals surface area contributed by atoms with Crippen LogP contribution in [0.5, 0.6) is 0 Å². The summed E-state index contributed by atoms with van der Waals surface area (Å²) in [5.74, 6) is -0.922. The number of amides is 2. The third-order valence-electron chi connectivity index (χ3n) is 3.04. The minimum absolute atomic E-state index is 0.0879. The highest BCUT2D eigenvalue weighted by atomic mass is 16.4. The number of likely N-dealkylation sites (N-methyl/N-ethyl adjacent to an activating group) is 1. The first-order chi connectivity index (χ1) is 9.91. The van der Waals surface area contributed by atoms with Crippen LogP contribution in [-0.2, 0) is 4.79 Å². The van der Waals surface area contributed by atoms with Crippen molar-refractivity contribution in [1.82, 2.24) is 10.2 Å². The van der Waals surface area contributed by atoms with Gasteiger partial charge in [0.05, 0.1) is 6.42 Å². The number of urea groups is 1. The molecule has 0 bridgehead atoms. The highest BCUT2D eigenvalue weighted by Crippen LogP contribution is 2.19. The van der Waals surface area contributed by atoms with Crippen LogP contribution in [0.15, 0.2) is 24.3 Å². The van der Waals surface area contributed by atoms with Crippen molar-refractivity contribution >= 4 is 17.7 Å². The van der Waals surface area contributed by atoms with E-state index in [9.17, 15) is 9.59 Å². The van der Waals surface area contributed by atoms with E-state index in [4.69, 9.17) is 5.11 Å². The van der Waals surface area contributed by atoms with Gasteiger partial charge in [-0.1, -0.05) is 18.2 Å². The zero-order chi connectivity index (χ0) is 15.8. The van der Waals surface area contributed by atoms with Crippen LogP contribution in [0.4, 0.5) is 10.5 Å². The predicted molar refractivity (Wildman–Crippen MR) is 82.7 cm³/mol. The largest absolute Gasteiger partial charge is 0.481 e. The van der Waals surface area contributed by atoms with E-state index in [1.165, 1.54) is 4.90 Å². The Balaban J connectivity index is 2.79. The van der Waals surface area contributed by atoms with Gasteiger partial charge < -0.3 is 15.3 Å². The Bertz CT molecular complexity index is 489. The van der Waals surface area contributed by atoms with Crippen molar-refractivity contribution in [3.05, 3.63) is 29.8 Å². The van der Waals surface area contributed by atoms with E-state index in [0.717, 1.165) is 17.8 Å². The number of para-hydroxylation sites is 1. The highest BCUT2D eigenvalue weighted by molar-refractivity contribution is 5.93. The number of nitrogens with zero attached hydrogens (tertiary/aromatic N) is 2. The number of carbonyl (C=O) groups excluding carboxylic acids is 1. The average molecular weight is 293 g/mol. The molecule has 0 saturated heterocycles. The molecule has 0 spiro atoms. The van der Waals surface area contributed by atoms with Gasteiger partial charge in [0.25, 0.3) is 0 Å². The smallest absolute Gasteiger partial charge is 0.321 e. The Morgan fingerprint density at radius 2 is 1.86 bits per heavy atom. The van der Waals surface area contributed by atoms with Crippen LogP contribution in [-0.4, -0.2) is 55.7 Å². The van der Waals surface area contributed by atoms with E-state index in [1.54, 1.807) is 0 Å². The number of benzene rings is 1. The fraction of sp³-hybridized carbons (Fsp3) is 0.467. The van der Waals surface area contributed by atoms with Crippen molar-refractivity contribution in [2.24, 2.45) is 0 Å². The van der Waals surface area contributed by atoms with Gasteiger partial charge in [0.1, 0.15) is 0 Å². The Labute approximate surface area is 125 Å². The molecular weight excluding hydrogens is 270 g/mol. The Morgan fingerprint density at radius 1 is 1.19 bits per heavy atom. The maximum Gasteiger partial charge on any atom is 0.321 e. The summed E-state index contributed by atoms with van der Waals surface area (Å²) in [6.45, 7) is 3.29. The van der Waals surface area contributed by atoms with Gasteiger partial charge in [-0.05, 0) is 32.6 Å². The fourth-order valence-corrected chi connectivity index (χ4v) is 1.89. The molecule has 1 aromatic rings. The first kappa shape index (κ1) is 17.0. The first-order valence-corrected chi connectivity index (χ1v) is 6.89. The predicted octanol–water partition coefficient (Wildman–Crippen LogP) is 1.55. The second-order valence-corrected chi connectivity index (χ2v) is 5.12. The summed E-state index contributed by atoms with van der Waals surface area (Å²) in [5, 5.41) is 11.7. The monoisotopic (exact) mass is 293 g/mol. The second-order valence-electron chi connectivity index (χ2n) is 5.12. The average Bonchev–Trinajstić information content (AvgIpc) is 2.40. The zero-order valence-electron chi connectivity index (χ0n) is 12.8. The van der Waals surface area contributed by atoms with Crippen molar-refractivity contribution in [2.75, 3.05) is 38.6 Å². The van der Waals surface area contributed by atoms with Gasteiger partial charge >= 0.3 is 12.0 Å². The van der Waals surface area contributed by atoms with E-state index in [-0.39, 0.29) is 19.0 Å². The maximum atomic E-state index is 12.3. The summed E-state index contributed by atoms with van der Waals surface area (Å²) in [5.41, 5.74) is 1.67. The van der Waals surface area contributed by atoms with Gasteiger partial charge in [0.15, 0.2) is 0 Å². The van der Waals surface area contributed by atoms with Crippen molar-refractivity contribution < 1.29 is 14.7 Å². The molecule has 2 N–H and O–H groups in total. The molecular formula is C15H23N3O3. The van der Waals surface area contributed by atoms with E-state index in [2.05, 4.69) is 5.32 Å². The molecule has 0 aliphatic heterocycles. The third kappa shape index (κ3) is 5.83. The molecule has 2 amide bonds. The van der Waals surface area contributed by atoms with Gasteiger partial charge in [-0.3, -0.25) is 9.69 Å². The lowest BCUT2D eigenvalue weighted by Crippen LogP contribution is -2.43. The number of hydrogen-bond donors (Lipinski definition) is 2. The van der Waals surface area contributed by atoms with Gasteiger partial charge in [-0.2, -0.15) is 0 Å². The molecule has 0 aliphatic carbocycles. The number of rotatable bonds is 7. The number of carboxylic acid groups (broad SMARTS) is 1. The molecule has 0 fully saturated rings. The number of carbonyl (C=O) groups is 2. The molecule has 6 heteroatoms. The molecule has 21 heavy (non-hydrogen) atoms. The zero-order valence-corrected chi connectivity index (χ0v) is 12.8. The Kier molecular flexibility index (Phi) is 6.68. The maximum absolute atomic E-state index is 12.3. The van der Waals surface area contributed by atoms with E-state index in [1.807, 2.05) is 50.2 Å². The van der Waals surface area contributed by atoms with Crippen molar-refractivity contribution in [3.63, 3.8) is 0 Å². The van der Waals surface area contributed by atoms with Crippen LogP contribution < -0.4 is 10.2 Å². The number of aliphatic carboxylic acids is 1. The number of aryl methyl sites for hydroxylation is 1. The lowest BCUT2D eigenvalue weighted by Gasteiger charge is -2.24. The van der Waals surface area contributed by atoms with Crippen molar-refractivity contribution in [1.29, 1.82) is 0 Å². The number of anilines is 1. The summed E-state index contributed by atoms with van der Waals surface area (Å²) >= 11 is 0. The second kappa shape index (κ2) is 8.26. The van der Waals surface area contributed by atoms with Crippen LogP contribution in [0.3, 0.4) is 0 Å². The van der Waals surface area contributed by atoms with Crippen molar-refractivity contribution in [3.8, 4) is 0 Å². The third-order valence-corrected chi connectivity index (χ3v) is 3.04. The minimum Gasteiger partial charge on any atom is -0.481 e. The number of hydrogen-bond acceptors (Lipinski definition) is 3. The number of carboxylic acids is 1. The number of nitrogens with one attached hydrogen (secondary N) is 1. The molecule has 116 valence electrons. The van der Waals surface area contributed by atoms with E-state index < -0.39 is 5.97 Å². The van der Waals surface area contributed by atoms with Gasteiger partial charge in [0, 0.05) is 25.3 Å². The summed E-state index contributed by atoms with van der Waals surface area (Å²) in [6.07, 6.45) is -0.0879. The molecule has 6 nitrogen and oxygen atoms in total. The summed E-state index contributed by atoms with van der Waals surface area (Å²) in [7, 11) is 3.85. The fourth-order valence-electron chi connectivity index (χ4n) is 1.89. The summed E-state index contributed by atoms with van der Waals surface area (Å²) in [6, 6.07) is 7.17. The van der Waals surface area contributed by atoms with Crippen LogP contribution in [0.25, 0.3) is 0 Å². The standard InChI is InChI=1S/C15H23N3O3/c1-12-6-4-5-7-13(12)18(10-8-14(19)20)15(21)16-9-11-17(2)3/h4-7H,8-11H2,1-3H3,(H,16,21)(H,19,20). The highest BCUT2D eigenvalue weighted by Gasteiger charge is 2.17. The van der Waals surface area contributed by atoms with Crippen LogP contribution in [0.1, 0.15) is 12.0 Å². The minimum atomic E-state index is -0.922. The molecule has 0 saturated carbocycles. The van der Waals surface area contributed by atoms with Gasteiger partial charge in [-0.15, -0.1) is 0 Å². The SMILES string of the molecule is Cc1ccccc1N(CCC(=O)O)C(=O)NCCN(C)C. The molecule has 0 aromatic heterocycles. The van der Waals surface area contributed by atoms with Gasteiger partial charge in [0.2, 0.25) is 0 Å². The molecule has 0 radical (unpaired) electrons. The molecule has 0 atom stereocenters. The first-order valence-electron chi connectivity index (χ1n) is 6.89. The van der Waals surface area contributed by atoms with Gasteiger partial charge in [-0.25, -0.2) is 4.79 Å². The van der Waals surface area contributed by atoms with Crippen molar-refractivity contribution in [2.45, 2.75) is 13.3 Å².